The number of amides is 1. The topological polar surface area (TPSA) is 93.2 Å². The van der Waals surface area contributed by atoms with Crippen LogP contribution in [0, 0.1) is 17.8 Å². The number of nitrogens with zero attached hydrogens (tertiary/aromatic N) is 3. The largest absolute Gasteiger partial charge is 0.385 e. The third kappa shape index (κ3) is 4.39. The molecule has 0 spiro atoms. The fourth-order valence-electron chi connectivity index (χ4n) is 3.39. The van der Waals surface area contributed by atoms with Crippen molar-refractivity contribution in [1.82, 2.24) is 20.0 Å². The van der Waals surface area contributed by atoms with Crippen LogP contribution in [0.15, 0.2) is 47.2 Å². The van der Waals surface area contributed by atoms with Crippen molar-refractivity contribution in [3.63, 3.8) is 0 Å². The molecule has 148 valence electrons. The minimum Gasteiger partial charge on any atom is -0.385 e. The molecule has 1 fully saturated rings. The van der Waals surface area contributed by atoms with E-state index in [1.54, 1.807) is 13.1 Å². The lowest BCUT2D eigenvalue weighted by Gasteiger charge is -2.30. The molecule has 1 amide bonds. The van der Waals surface area contributed by atoms with E-state index in [4.69, 9.17) is 4.52 Å². The maximum Gasteiger partial charge on any atom is 0.207 e. The van der Waals surface area contributed by atoms with E-state index in [-0.39, 0.29) is 6.04 Å². The summed E-state index contributed by atoms with van der Waals surface area (Å²) < 4.78 is 7.33. The maximum atomic E-state index is 10.4. The molecule has 1 aliphatic rings. The van der Waals surface area contributed by atoms with Crippen molar-refractivity contribution in [2.75, 3.05) is 0 Å². The summed E-state index contributed by atoms with van der Waals surface area (Å²) in [6.07, 6.45) is 5.41. The Bertz CT molecular complexity index is 1030. The number of carbonyl (C=O) groups is 1. The van der Waals surface area contributed by atoms with Crippen molar-refractivity contribution in [1.29, 1.82) is 0 Å². The Kier molecular flexibility index (Phi) is 5.45. The zero-order chi connectivity index (χ0) is 20.2. The standard InChI is InChI=1S/C22H22N4O3/c1-15(28)22-23-8-9-26(22)13-20-12-21(29-25-20)18-6-4-16(5-7-18)2-3-17-10-19(11-17)24-14-27/h4-9,12,14-15,17,19,28H,10-11,13H2,1H3,(H,24,27)/t15?,17-,19-. The van der Waals surface area contributed by atoms with E-state index >= 15 is 0 Å². The fraction of sp³-hybridized carbons (Fsp3) is 0.318. The van der Waals surface area contributed by atoms with Gasteiger partial charge in [0, 0.05) is 41.5 Å². The van der Waals surface area contributed by atoms with Crippen LogP contribution in [-0.4, -0.2) is 32.3 Å². The van der Waals surface area contributed by atoms with Gasteiger partial charge in [-0.2, -0.15) is 0 Å². The monoisotopic (exact) mass is 390 g/mol. The molecule has 29 heavy (non-hydrogen) atoms. The van der Waals surface area contributed by atoms with Crippen LogP contribution in [0.1, 0.15) is 43.0 Å². The predicted molar refractivity (Wildman–Crippen MR) is 106 cm³/mol. The SMILES string of the molecule is CC(O)c1nccn1Cc1cc(-c2ccc(C#C[C@H]3C[C@H](NC=O)C3)cc2)on1. The Balaban J connectivity index is 1.39. The van der Waals surface area contributed by atoms with E-state index in [0.29, 0.717) is 24.0 Å². The predicted octanol–water partition coefficient (Wildman–Crippen LogP) is 2.52. The highest BCUT2D eigenvalue weighted by Gasteiger charge is 2.26. The normalized spacial score (nSPS) is 19.0. The van der Waals surface area contributed by atoms with Crippen molar-refractivity contribution in [2.24, 2.45) is 5.92 Å². The maximum absolute atomic E-state index is 10.4. The number of hydrogen-bond donors (Lipinski definition) is 2. The van der Waals surface area contributed by atoms with E-state index in [1.165, 1.54) is 0 Å². The first kappa shape index (κ1) is 19.0. The minimum atomic E-state index is -0.642. The molecule has 7 nitrogen and oxygen atoms in total. The summed E-state index contributed by atoms with van der Waals surface area (Å²) >= 11 is 0. The van der Waals surface area contributed by atoms with Crippen LogP contribution in [0.2, 0.25) is 0 Å². The van der Waals surface area contributed by atoms with E-state index in [0.717, 1.165) is 36.1 Å². The van der Waals surface area contributed by atoms with Gasteiger partial charge in [0.1, 0.15) is 17.6 Å². The average Bonchev–Trinajstić information content (AvgIpc) is 3.34. The van der Waals surface area contributed by atoms with Crippen LogP contribution >= 0.6 is 0 Å². The van der Waals surface area contributed by atoms with Crippen LogP contribution < -0.4 is 5.32 Å². The molecule has 2 heterocycles. The first-order valence-corrected chi connectivity index (χ1v) is 9.58. The number of aliphatic hydroxyl groups is 1. The number of aromatic nitrogens is 3. The zero-order valence-electron chi connectivity index (χ0n) is 16.1. The number of hydrogen-bond acceptors (Lipinski definition) is 5. The molecule has 2 N–H and O–H groups in total. The Hall–Kier alpha value is -3.37. The van der Waals surface area contributed by atoms with Gasteiger partial charge in [-0.3, -0.25) is 4.79 Å². The van der Waals surface area contributed by atoms with Crippen molar-refractivity contribution in [3.8, 4) is 23.2 Å². The molecule has 1 saturated carbocycles. The number of nitrogens with one attached hydrogen (secondary N) is 1. The van der Waals surface area contributed by atoms with Gasteiger partial charge in [0.15, 0.2) is 5.76 Å². The van der Waals surface area contributed by atoms with Crippen LogP contribution in [0.25, 0.3) is 11.3 Å². The van der Waals surface area contributed by atoms with Gasteiger partial charge in [-0.25, -0.2) is 4.98 Å². The summed E-state index contributed by atoms with van der Waals surface area (Å²) in [6, 6.07) is 10.0. The second-order valence-electron chi connectivity index (χ2n) is 7.27. The van der Waals surface area contributed by atoms with E-state index < -0.39 is 6.10 Å². The quantitative estimate of drug-likeness (QED) is 0.498. The van der Waals surface area contributed by atoms with Crippen LogP contribution in [0.3, 0.4) is 0 Å². The highest BCUT2D eigenvalue weighted by molar-refractivity contribution is 5.59. The van der Waals surface area contributed by atoms with Crippen molar-refractivity contribution < 1.29 is 14.4 Å². The van der Waals surface area contributed by atoms with Gasteiger partial charge in [-0.05, 0) is 44.0 Å². The molecule has 4 rings (SSSR count). The van der Waals surface area contributed by atoms with E-state index in [1.807, 2.05) is 41.1 Å². The first-order valence-electron chi connectivity index (χ1n) is 9.58. The third-order valence-corrected chi connectivity index (χ3v) is 5.04. The van der Waals surface area contributed by atoms with Crippen molar-refractivity contribution in [2.45, 2.75) is 38.5 Å². The lowest BCUT2D eigenvalue weighted by Crippen LogP contribution is -2.39. The summed E-state index contributed by atoms with van der Waals surface area (Å²) in [5, 5.41) is 16.7. The molecule has 1 unspecified atom stereocenters. The van der Waals surface area contributed by atoms with Crippen LogP contribution in [0.4, 0.5) is 0 Å². The molecule has 0 radical (unpaired) electrons. The van der Waals surface area contributed by atoms with Gasteiger partial charge >= 0.3 is 0 Å². The summed E-state index contributed by atoms with van der Waals surface area (Å²) in [5.74, 6) is 8.07. The summed E-state index contributed by atoms with van der Waals surface area (Å²) in [7, 11) is 0. The van der Waals surface area contributed by atoms with E-state index in [2.05, 4.69) is 27.3 Å². The second kappa shape index (κ2) is 8.33. The van der Waals surface area contributed by atoms with Gasteiger partial charge in [0.2, 0.25) is 6.41 Å². The van der Waals surface area contributed by atoms with Crippen LogP contribution in [-0.2, 0) is 11.3 Å². The molecule has 3 aromatic rings. The van der Waals surface area contributed by atoms with Gasteiger partial charge in [0.25, 0.3) is 0 Å². The smallest absolute Gasteiger partial charge is 0.207 e. The number of carbonyl (C=O) groups excluding carboxylic acids is 1. The Morgan fingerprint density at radius 1 is 1.38 bits per heavy atom. The molecule has 1 atom stereocenters. The summed E-state index contributed by atoms with van der Waals surface area (Å²) in [5.41, 5.74) is 2.63. The van der Waals surface area contributed by atoms with Gasteiger partial charge in [-0.1, -0.05) is 17.0 Å². The fourth-order valence-corrected chi connectivity index (χ4v) is 3.39. The van der Waals surface area contributed by atoms with Gasteiger partial charge in [-0.15, -0.1) is 0 Å². The van der Waals surface area contributed by atoms with Crippen molar-refractivity contribution in [3.05, 3.63) is 59.8 Å². The third-order valence-electron chi connectivity index (χ3n) is 5.04. The van der Waals surface area contributed by atoms with Crippen LogP contribution in [0.5, 0.6) is 0 Å². The second-order valence-corrected chi connectivity index (χ2v) is 7.27. The highest BCUT2D eigenvalue weighted by Crippen LogP contribution is 2.26. The molecule has 7 heteroatoms. The lowest BCUT2D eigenvalue weighted by molar-refractivity contribution is -0.110. The molecular formula is C22H22N4O3. The number of rotatable bonds is 6. The molecule has 1 aromatic carbocycles. The van der Waals surface area contributed by atoms with Gasteiger partial charge < -0.3 is 19.5 Å². The first-order chi connectivity index (χ1) is 14.1. The number of benzene rings is 1. The molecule has 2 aromatic heterocycles. The lowest BCUT2D eigenvalue weighted by atomic mass is 9.81. The molecule has 1 aliphatic carbocycles. The highest BCUT2D eigenvalue weighted by atomic mass is 16.5. The molecular weight excluding hydrogens is 368 g/mol. The average molecular weight is 390 g/mol. The summed E-state index contributed by atoms with van der Waals surface area (Å²) in [4.78, 5) is 14.6. The number of imidazole rings is 1. The summed E-state index contributed by atoms with van der Waals surface area (Å²) in [6.45, 7) is 2.16. The Morgan fingerprint density at radius 3 is 2.90 bits per heavy atom. The Morgan fingerprint density at radius 2 is 2.17 bits per heavy atom. The molecule has 0 saturated heterocycles. The number of aliphatic hydroxyl groups excluding tert-OH is 1. The minimum absolute atomic E-state index is 0.272. The molecule has 0 aliphatic heterocycles. The van der Waals surface area contributed by atoms with E-state index in [9.17, 15) is 9.90 Å². The Labute approximate surface area is 168 Å². The van der Waals surface area contributed by atoms with Gasteiger partial charge in [0.05, 0.1) is 6.54 Å². The molecule has 0 bridgehead atoms. The van der Waals surface area contributed by atoms with Crippen molar-refractivity contribution >= 4 is 6.41 Å². The zero-order valence-corrected chi connectivity index (χ0v) is 16.1.